The van der Waals surface area contributed by atoms with Crippen LogP contribution in [0.2, 0.25) is 0 Å². The lowest BCUT2D eigenvalue weighted by Crippen LogP contribution is -2.33. The number of aliphatic hydroxyl groups is 1. The monoisotopic (exact) mass is 312 g/mol. The zero-order valence-corrected chi connectivity index (χ0v) is 13.4. The number of nitriles is 1. The van der Waals surface area contributed by atoms with Crippen molar-refractivity contribution in [2.24, 2.45) is 0 Å². The molecule has 1 N–H and O–H groups in total. The zero-order chi connectivity index (χ0) is 16.8. The largest absolute Gasteiger partial charge is 0.395 e. The number of hydrogen-bond acceptors (Lipinski definition) is 4. The van der Waals surface area contributed by atoms with Crippen molar-refractivity contribution in [3.63, 3.8) is 0 Å². The van der Waals surface area contributed by atoms with Crippen molar-refractivity contribution in [2.45, 2.75) is 26.9 Å². The molecular formula is C17H20N4O2. The second kappa shape index (κ2) is 7.56. The molecule has 6 nitrogen and oxygen atoms in total. The molecule has 1 aromatic heterocycles. The molecule has 0 fully saturated rings. The van der Waals surface area contributed by atoms with Crippen LogP contribution in [0, 0.1) is 18.3 Å². The molecule has 2 rings (SSSR count). The van der Waals surface area contributed by atoms with Crippen molar-refractivity contribution in [3.05, 3.63) is 52.8 Å². The van der Waals surface area contributed by atoms with Gasteiger partial charge in [-0.2, -0.15) is 10.4 Å². The maximum atomic E-state index is 12.8. The summed E-state index contributed by atoms with van der Waals surface area (Å²) in [4.78, 5) is 14.4. The Balaban J connectivity index is 2.26. The van der Waals surface area contributed by atoms with Crippen molar-refractivity contribution in [3.8, 4) is 6.07 Å². The van der Waals surface area contributed by atoms with E-state index in [2.05, 4.69) is 11.2 Å². The minimum absolute atomic E-state index is 0.120. The van der Waals surface area contributed by atoms with Gasteiger partial charge in [-0.1, -0.05) is 6.07 Å². The molecule has 0 radical (unpaired) electrons. The maximum absolute atomic E-state index is 12.8. The fourth-order valence-electron chi connectivity index (χ4n) is 2.41. The highest BCUT2D eigenvalue weighted by molar-refractivity contribution is 5.96. The Morgan fingerprint density at radius 2 is 2.26 bits per heavy atom. The number of amides is 1. The van der Waals surface area contributed by atoms with Crippen LogP contribution < -0.4 is 0 Å². The van der Waals surface area contributed by atoms with E-state index < -0.39 is 0 Å². The minimum atomic E-state index is -0.196. The zero-order valence-electron chi connectivity index (χ0n) is 13.4. The van der Waals surface area contributed by atoms with Crippen LogP contribution in [0.3, 0.4) is 0 Å². The highest BCUT2D eigenvalue weighted by Gasteiger charge is 2.19. The van der Waals surface area contributed by atoms with Crippen LogP contribution in [-0.4, -0.2) is 38.8 Å². The third-order valence-corrected chi connectivity index (χ3v) is 3.73. The molecule has 0 unspecified atom stereocenters. The molecule has 120 valence electrons. The smallest absolute Gasteiger partial charge is 0.254 e. The van der Waals surface area contributed by atoms with Crippen LogP contribution in [0.25, 0.3) is 0 Å². The van der Waals surface area contributed by atoms with Gasteiger partial charge in [0.15, 0.2) is 0 Å². The molecule has 0 spiro atoms. The lowest BCUT2D eigenvalue weighted by molar-refractivity contribution is 0.0707. The highest BCUT2D eigenvalue weighted by Crippen LogP contribution is 2.16. The number of benzene rings is 1. The van der Waals surface area contributed by atoms with Crippen LogP contribution in [0.1, 0.15) is 34.0 Å². The summed E-state index contributed by atoms with van der Waals surface area (Å²) in [5.41, 5.74) is 2.54. The molecule has 0 saturated carbocycles. The van der Waals surface area contributed by atoms with Crippen LogP contribution in [0.15, 0.2) is 30.6 Å². The Kier molecular flexibility index (Phi) is 5.50. The fourth-order valence-corrected chi connectivity index (χ4v) is 2.41. The molecule has 2 aromatic rings. The van der Waals surface area contributed by atoms with E-state index in [1.807, 2.05) is 13.1 Å². The molecular weight excluding hydrogens is 292 g/mol. The number of rotatable bonds is 6. The second-order valence-corrected chi connectivity index (χ2v) is 5.24. The van der Waals surface area contributed by atoms with E-state index in [4.69, 9.17) is 5.26 Å². The van der Waals surface area contributed by atoms with Gasteiger partial charge in [0.1, 0.15) is 0 Å². The van der Waals surface area contributed by atoms with Gasteiger partial charge in [0.2, 0.25) is 0 Å². The second-order valence-electron chi connectivity index (χ2n) is 5.24. The number of aryl methyl sites for hydroxylation is 1. The quantitative estimate of drug-likeness (QED) is 0.880. The molecule has 0 aliphatic heterocycles. The number of carbonyl (C=O) groups excluding carboxylic acids is 1. The van der Waals surface area contributed by atoms with Gasteiger partial charge in [-0.25, -0.2) is 0 Å². The molecule has 23 heavy (non-hydrogen) atoms. The van der Waals surface area contributed by atoms with E-state index in [1.54, 1.807) is 40.9 Å². The Morgan fingerprint density at radius 1 is 1.48 bits per heavy atom. The number of aliphatic hydroxyl groups excluding tert-OH is 1. The average molecular weight is 312 g/mol. The molecule has 0 saturated heterocycles. The van der Waals surface area contributed by atoms with E-state index in [-0.39, 0.29) is 19.1 Å². The van der Waals surface area contributed by atoms with Crippen molar-refractivity contribution in [1.29, 1.82) is 5.26 Å². The third kappa shape index (κ3) is 3.76. The van der Waals surface area contributed by atoms with Crippen molar-refractivity contribution < 1.29 is 9.90 Å². The first-order valence-corrected chi connectivity index (χ1v) is 7.51. The standard InChI is InChI=1S/C17H20N4O2/c1-3-21-12-14(10-19-21)11-20(7-8-22)17(23)16-6-4-5-15(9-18)13(16)2/h4-6,10,12,22H,3,7-8,11H2,1-2H3. The Bertz CT molecular complexity index is 730. The predicted molar refractivity (Wildman–Crippen MR) is 85.6 cm³/mol. The molecule has 0 bridgehead atoms. The van der Waals surface area contributed by atoms with Gasteiger partial charge < -0.3 is 10.0 Å². The SMILES string of the molecule is CCn1cc(CN(CCO)C(=O)c2cccc(C#N)c2C)cn1. The van der Waals surface area contributed by atoms with Gasteiger partial charge in [0.05, 0.1) is 24.4 Å². The summed E-state index contributed by atoms with van der Waals surface area (Å²) in [5.74, 6) is -0.196. The first-order chi connectivity index (χ1) is 11.1. The predicted octanol–water partition coefficient (Wildman–Crippen LogP) is 1.72. The summed E-state index contributed by atoms with van der Waals surface area (Å²) in [6.45, 7) is 4.99. The molecule has 0 aliphatic carbocycles. The van der Waals surface area contributed by atoms with Crippen LogP contribution in [-0.2, 0) is 13.1 Å². The number of aromatic nitrogens is 2. The first kappa shape index (κ1) is 16.7. The van der Waals surface area contributed by atoms with Gasteiger partial charge in [0, 0.05) is 37.0 Å². The Morgan fingerprint density at radius 3 is 2.87 bits per heavy atom. The summed E-state index contributed by atoms with van der Waals surface area (Å²) in [7, 11) is 0. The molecule has 0 atom stereocenters. The van der Waals surface area contributed by atoms with E-state index in [1.165, 1.54) is 0 Å². The summed E-state index contributed by atoms with van der Waals surface area (Å²) >= 11 is 0. The maximum Gasteiger partial charge on any atom is 0.254 e. The van der Waals surface area contributed by atoms with E-state index in [0.29, 0.717) is 23.2 Å². The van der Waals surface area contributed by atoms with Crippen molar-refractivity contribution in [1.82, 2.24) is 14.7 Å². The molecule has 1 aromatic carbocycles. The number of carbonyl (C=O) groups is 1. The lowest BCUT2D eigenvalue weighted by atomic mass is 10.0. The third-order valence-electron chi connectivity index (χ3n) is 3.73. The average Bonchev–Trinajstić information content (AvgIpc) is 3.02. The highest BCUT2D eigenvalue weighted by atomic mass is 16.3. The van der Waals surface area contributed by atoms with Gasteiger partial charge in [-0.3, -0.25) is 9.48 Å². The molecule has 1 amide bonds. The molecule has 0 aliphatic rings. The van der Waals surface area contributed by atoms with Gasteiger partial charge in [-0.15, -0.1) is 0 Å². The fraction of sp³-hybridized carbons (Fsp3) is 0.353. The van der Waals surface area contributed by atoms with E-state index >= 15 is 0 Å². The van der Waals surface area contributed by atoms with Gasteiger partial charge in [-0.05, 0) is 31.5 Å². The van der Waals surface area contributed by atoms with Crippen LogP contribution in [0.5, 0.6) is 0 Å². The summed E-state index contributed by atoms with van der Waals surface area (Å²) < 4.78 is 1.79. The summed E-state index contributed by atoms with van der Waals surface area (Å²) in [5, 5.41) is 22.6. The summed E-state index contributed by atoms with van der Waals surface area (Å²) in [6.07, 6.45) is 3.61. The Hall–Kier alpha value is -2.65. The van der Waals surface area contributed by atoms with Gasteiger partial charge >= 0.3 is 0 Å². The molecule has 6 heteroatoms. The van der Waals surface area contributed by atoms with Crippen molar-refractivity contribution in [2.75, 3.05) is 13.2 Å². The van der Waals surface area contributed by atoms with Crippen LogP contribution >= 0.6 is 0 Å². The molecule has 1 heterocycles. The topological polar surface area (TPSA) is 82.1 Å². The van der Waals surface area contributed by atoms with Crippen molar-refractivity contribution >= 4 is 5.91 Å². The Labute approximate surface area is 135 Å². The minimum Gasteiger partial charge on any atom is -0.395 e. The van der Waals surface area contributed by atoms with Gasteiger partial charge in [0.25, 0.3) is 5.91 Å². The number of nitrogens with zero attached hydrogens (tertiary/aromatic N) is 4. The van der Waals surface area contributed by atoms with E-state index in [9.17, 15) is 9.90 Å². The summed E-state index contributed by atoms with van der Waals surface area (Å²) in [6, 6.07) is 7.18. The number of hydrogen-bond donors (Lipinski definition) is 1. The van der Waals surface area contributed by atoms with Crippen LogP contribution in [0.4, 0.5) is 0 Å². The first-order valence-electron chi connectivity index (χ1n) is 7.51. The normalized spacial score (nSPS) is 10.3. The lowest BCUT2D eigenvalue weighted by Gasteiger charge is -2.22. The van der Waals surface area contributed by atoms with E-state index in [0.717, 1.165) is 12.1 Å².